The van der Waals surface area contributed by atoms with Gasteiger partial charge in [0.25, 0.3) is 5.91 Å². The van der Waals surface area contributed by atoms with E-state index in [0.29, 0.717) is 45.8 Å². The van der Waals surface area contributed by atoms with Crippen molar-refractivity contribution in [1.29, 1.82) is 0 Å². The van der Waals surface area contributed by atoms with E-state index in [9.17, 15) is 4.79 Å². The van der Waals surface area contributed by atoms with Gasteiger partial charge in [0.2, 0.25) is 5.75 Å². The van der Waals surface area contributed by atoms with E-state index in [1.165, 1.54) is 11.3 Å². The van der Waals surface area contributed by atoms with Crippen LogP contribution in [0.4, 0.5) is 5.69 Å². The molecule has 0 aliphatic rings. The summed E-state index contributed by atoms with van der Waals surface area (Å²) in [6.07, 6.45) is 1.88. The van der Waals surface area contributed by atoms with E-state index in [4.69, 9.17) is 23.5 Å². The zero-order chi connectivity index (χ0) is 29.2. The summed E-state index contributed by atoms with van der Waals surface area (Å²) in [5.74, 6) is 2.56. The van der Waals surface area contributed by atoms with E-state index in [1.807, 2.05) is 42.6 Å². The Morgan fingerprint density at radius 2 is 1.64 bits per heavy atom. The van der Waals surface area contributed by atoms with Crippen molar-refractivity contribution in [1.82, 2.24) is 15.1 Å². The third-order valence-electron chi connectivity index (χ3n) is 6.75. The number of fused-ring (bicyclic) bond motifs is 1. The lowest BCUT2D eigenvalue weighted by Gasteiger charge is -2.13. The number of aromatic amines is 1. The van der Waals surface area contributed by atoms with Crippen molar-refractivity contribution in [3.63, 3.8) is 0 Å². The summed E-state index contributed by atoms with van der Waals surface area (Å²) in [6, 6.07) is 18.6. The van der Waals surface area contributed by atoms with Crippen molar-refractivity contribution in [2.24, 2.45) is 0 Å². The Morgan fingerprint density at radius 1 is 0.881 bits per heavy atom. The van der Waals surface area contributed by atoms with E-state index < -0.39 is 0 Å². The number of hydrogen-bond donors (Lipinski definition) is 2. The summed E-state index contributed by atoms with van der Waals surface area (Å²) in [4.78, 5) is 20.7. The first-order valence-corrected chi connectivity index (χ1v) is 13.7. The lowest BCUT2D eigenvalue weighted by molar-refractivity contribution is 0.102. The number of thiazole rings is 1. The van der Waals surface area contributed by atoms with Crippen LogP contribution in [0.1, 0.15) is 10.5 Å². The molecular formula is C31H26N4O6S. The molecule has 10 nitrogen and oxygen atoms in total. The second-order valence-corrected chi connectivity index (χ2v) is 10.0. The number of carbonyl (C=O) groups excluding carboxylic acids is 1. The molecule has 6 aromatic rings. The Bertz CT molecular complexity index is 1860. The quantitative estimate of drug-likeness (QED) is 0.189. The fourth-order valence-corrected chi connectivity index (χ4v) is 5.40. The predicted octanol–water partition coefficient (Wildman–Crippen LogP) is 6.90. The zero-order valence-electron chi connectivity index (χ0n) is 23.2. The number of methoxy groups -OCH3 is 4. The van der Waals surface area contributed by atoms with Crippen LogP contribution in [0.25, 0.3) is 44.1 Å². The summed E-state index contributed by atoms with van der Waals surface area (Å²) in [7, 11) is 6.29. The SMILES string of the molecule is COc1ccc(NC(=O)c2csc(-c3ccc4[nH]cc(-c5cc(-c6cc(OC)c(OC)c(OC)c6)no5)c4c3)n2)cc1. The molecule has 0 atom stereocenters. The molecule has 0 spiro atoms. The molecule has 1 amide bonds. The van der Waals surface area contributed by atoms with Gasteiger partial charge in [-0.05, 0) is 54.6 Å². The summed E-state index contributed by atoms with van der Waals surface area (Å²) >= 11 is 1.40. The lowest BCUT2D eigenvalue weighted by atomic mass is 10.1. The second kappa shape index (κ2) is 11.3. The number of amides is 1. The minimum absolute atomic E-state index is 0.285. The molecule has 6 rings (SSSR count). The van der Waals surface area contributed by atoms with Gasteiger partial charge in [0.05, 0.1) is 28.4 Å². The number of aromatic nitrogens is 3. The smallest absolute Gasteiger partial charge is 0.275 e. The summed E-state index contributed by atoms with van der Waals surface area (Å²) in [5, 5.41) is 10.6. The Hall–Kier alpha value is -5.29. The van der Waals surface area contributed by atoms with Gasteiger partial charge in [0.15, 0.2) is 17.3 Å². The minimum Gasteiger partial charge on any atom is -0.497 e. The van der Waals surface area contributed by atoms with Gasteiger partial charge in [0, 0.05) is 50.9 Å². The summed E-state index contributed by atoms with van der Waals surface area (Å²) in [6.45, 7) is 0. The molecule has 0 saturated carbocycles. The molecule has 42 heavy (non-hydrogen) atoms. The van der Waals surface area contributed by atoms with Crippen LogP contribution in [-0.4, -0.2) is 49.5 Å². The maximum absolute atomic E-state index is 12.8. The van der Waals surface area contributed by atoms with Gasteiger partial charge in [-0.2, -0.15) is 0 Å². The lowest BCUT2D eigenvalue weighted by Crippen LogP contribution is -2.12. The minimum atomic E-state index is -0.285. The van der Waals surface area contributed by atoms with Crippen LogP contribution in [-0.2, 0) is 0 Å². The predicted molar refractivity (Wildman–Crippen MR) is 161 cm³/mol. The van der Waals surface area contributed by atoms with Crippen molar-refractivity contribution in [2.75, 3.05) is 33.8 Å². The average molecular weight is 583 g/mol. The first-order valence-electron chi connectivity index (χ1n) is 12.8. The number of hydrogen-bond acceptors (Lipinski definition) is 9. The Morgan fingerprint density at radius 3 is 2.33 bits per heavy atom. The number of H-pyrrole nitrogens is 1. The number of ether oxygens (including phenoxy) is 4. The van der Waals surface area contributed by atoms with Crippen molar-refractivity contribution in [2.45, 2.75) is 0 Å². The topological polar surface area (TPSA) is 121 Å². The summed E-state index contributed by atoms with van der Waals surface area (Å²) in [5.41, 5.74) is 5.00. The molecule has 0 fully saturated rings. The highest BCUT2D eigenvalue weighted by Gasteiger charge is 2.19. The molecule has 0 unspecified atom stereocenters. The highest BCUT2D eigenvalue weighted by molar-refractivity contribution is 7.13. The van der Waals surface area contributed by atoms with Gasteiger partial charge in [-0.3, -0.25) is 4.79 Å². The molecular weight excluding hydrogens is 556 g/mol. The van der Waals surface area contributed by atoms with Gasteiger partial charge < -0.3 is 33.8 Å². The zero-order valence-corrected chi connectivity index (χ0v) is 24.0. The van der Waals surface area contributed by atoms with Crippen LogP contribution >= 0.6 is 11.3 Å². The van der Waals surface area contributed by atoms with Crippen molar-refractivity contribution in [3.8, 4) is 56.2 Å². The van der Waals surface area contributed by atoms with Gasteiger partial charge >= 0.3 is 0 Å². The third kappa shape index (κ3) is 5.01. The fraction of sp³-hybridized carbons (Fsp3) is 0.129. The normalized spacial score (nSPS) is 11.0. The highest BCUT2D eigenvalue weighted by Crippen LogP contribution is 2.42. The van der Waals surface area contributed by atoms with Gasteiger partial charge in [-0.15, -0.1) is 11.3 Å². The maximum atomic E-state index is 12.8. The van der Waals surface area contributed by atoms with E-state index in [2.05, 4.69) is 20.4 Å². The molecule has 0 radical (unpaired) electrons. The molecule has 11 heteroatoms. The number of carbonyl (C=O) groups is 1. The summed E-state index contributed by atoms with van der Waals surface area (Å²) < 4.78 is 27.3. The molecule has 0 aliphatic heterocycles. The number of nitrogens with zero attached hydrogens (tertiary/aromatic N) is 2. The van der Waals surface area contributed by atoms with Crippen LogP contribution in [0.15, 0.2) is 76.8 Å². The van der Waals surface area contributed by atoms with Crippen LogP contribution in [0, 0.1) is 0 Å². The Labute approximate surface area is 244 Å². The fourth-order valence-electron chi connectivity index (χ4n) is 4.60. The van der Waals surface area contributed by atoms with Gasteiger partial charge in [-0.25, -0.2) is 4.98 Å². The molecule has 3 heterocycles. The average Bonchev–Trinajstić information content (AvgIpc) is 3.80. The van der Waals surface area contributed by atoms with Gasteiger partial charge in [0.1, 0.15) is 22.1 Å². The van der Waals surface area contributed by atoms with E-state index in [0.717, 1.165) is 32.6 Å². The molecule has 212 valence electrons. The monoisotopic (exact) mass is 582 g/mol. The van der Waals surface area contributed by atoms with Crippen LogP contribution < -0.4 is 24.3 Å². The van der Waals surface area contributed by atoms with Gasteiger partial charge in [-0.1, -0.05) is 5.16 Å². The number of nitrogens with one attached hydrogen (secondary N) is 2. The third-order valence-corrected chi connectivity index (χ3v) is 7.64. The van der Waals surface area contributed by atoms with Crippen molar-refractivity contribution in [3.05, 3.63) is 77.9 Å². The molecule has 0 bridgehead atoms. The number of benzene rings is 3. The van der Waals surface area contributed by atoms with E-state index >= 15 is 0 Å². The highest BCUT2D eigenvalue weighted by atomic mass is 32.1. The number of rotatable bonds is 9. The van der Waals surface area contributed by atoms with Crippen LogP contribution in [0.5, 0.6) is 23.0 Å². The van der Waals surface area contributed by atoms with Crippen molar-refractivity contribution >= 4 is 33.8 Å². The first-order chi connectivity index (χ1) is 20.5. The molecule has 2 N–H and O–H groups in total. The Balaban J connectivity index is 1.27. The molecule has 0 aliphatic carbocycles. The van der Waals surface area contributed by atoms with E-state index in [-0.39, 0.29) is 5.91 Å². The van der Waals surface area contributed by atoms with E-state index in [1.54, 1.807) is 58.1 Å². The first kappa shape index (κ1) is 26.9. The van der Waals surface area contributed by atoms with Crippen molar-refractivity contribution < 1.29 is 28.3 Å². The molecule has 3 aromatic carbocycles. The van der Waals surface area contributed by atoms with Crippen LogP contribution in [0.2, 0.25) is 0 Å². The Kier molecular flexibility index (Phi) is 7.24. The largest absolute Gasteiger partial charge is 0.497 e. The van der Waals surface area contributed by atoms with Crippen LogP contribution in [0.3, 0.4) is 0 Å². The maximum Gasteiger partial charge on any atom is 0.275 e. The molecule has 0 saturated heterocycles. The second-order valence-electron chi connectivity index (χ2n) is 9.17. The standard InChI is InChI=1S/C31H26N4O6S/c1-37-20-8-6-19(7-9-20)33-30(36)25-16-42-31(34-25)17-5-10-23-21(11-17)22(15-32-23)26-14-24(35-41-26)18-12-27(38-2)29(40-4)28(13-18)39-3/h5-16,32H,1-4H3,(H,33,36). The number of anilines is 1. The molecule has 3 aromatic heterocycles.